The molecule has 296 valence electrons. The summed E-state index contributed by atoms with van der Waals surface area (Å²) in [4.78, 5) is 85.1. The van der Waals surface area contributed by atoms with Crippen LogP contribution in [-0.4, -0.2) is 89.6 Å². The number of carbonyl (C=O) groups excluding carboxylic acids is 6. The summed E-state index contributed by atoms with van der Waals surface area (Å²) in [6.07, 6.45) is 13.7. The van der Waals surface area contributed by atoms with E-state index in [0.29, 0.717) is 25.8 Å². The largest absolute Gasteiger partial charge is 0.347 e. The lowest BCUT2D eigenvalue weighted by molar-refractivity contribution is -0.145. The Morgan fingerprint density at radius 1 is 0.811 bits per heavy atom. The molecular formula is C41H66N6O6. The first kappa shape index (κ1) is 39.7. The summed E-state index contributed by atoms with van der Waals surface area (Å²) in [5, 5.41) is 15.2. The first-order valence-electron chi connectivity index (χ1n) is 20.9. The van der Waals surface area contributed by atoms with Gasteiger partial charge in [0.25, 0.3) is 5.91 Å². The number of fused-ring (bicyclic) bond motifs is 1. The van der Waals surface area contributed by atoms with Crippen molar-refractivity contribution in [2.24, 2.45) is 27.6 Å². The van der Waals surface area contributed by atoms with Crippen LogP contribution in [0.1, 0.15) is 144 Å². The number of ketones is 1. The fraction of sp³-hybridized carbons (Fsp3) is 0.854. The zero-order chi connectivity index (χ0) is 38.3. The van der Waals surface area contributed by atoms with E-state index in [-0.39, 0.29) is 52.0 Å². The molecule has 5 amide bonds. The Kier molecular flexibility index (Phi) is 11.4. The first-order chi connectivity index (χ1) is 25.1. The molecule has 0 aromatic carbocycles. The van der Waals surface area contributed by atoms with Gasteiger partial charge in [-0.25, -0.2) is 0 Å². The second-order valence-corrected chi connectivity index (χ2v) is 19.0. The van der Waals surface area contributed by atoms with Gasteiger partial charge >= 0.3 is 0 Å². The highest BCUT2D eigenvalue weighted by Gasteiger charge is 2.85. The van der Waals surface area contributed by atoms with Crippen LogP contribution in [0.15, 0.2) is 0 Å². The fourth-order valence-corrected chi connectivity index (χ4v) is 10.8. The average molecular weight is 739 g/mol. The number of hydrogen-bond donors (Lipinski definition) is 5. The van der Waals surface area contributed by atoms with Gasteiger partial charge in [0.2, 0.25) is 29.4 Å². The molecule has 5 N–H and O–H groups in total. The smallest absolute Gasteiger partial charge is 0.289 e. The lowest BCUT2D eigenvalue weighted by Crippen LogP contribution is -2.62. The lowest BCUT2D eigenvalue weighted by Gasteiger charge is -2.38. The third kappa shape index (κ3) is 7.51. The summed E-state index contributed by atoms with van der Waals surface area (Å²) < 4.78 is 0. The summed E-state index contributed by atoms with van der Waals surface area (Å²) in [5.41, 5.74) is -1.02. The highest BCUT2D eigenvalue weighted by Crippen LogP contribution is 2.88. The van der Waals surface area contributed by atoms with E-state index >= 15 is 4.79 Å². The molecule has 6 atom stereocenters. The Hall–Kier alpha value is -3.02. The molecule has 6 rings (SSSR count). The predicted octanol–water partition coefficient (Wildman–Crippen LogP) is 3.65. The average Bonchev–Trinajstić information content (AvgIpc) is 3.94. The second kappa shape index (κ2) is 15.3. The van der Waals surface area contributed by atoms with Crippen LogP contribution in [0.4, 0.5) is 0 Å². The minimum Gasteiger partial charge on any atom is -0.347 e. The maximum Gasteiger partial charge on any atom is 0.289 e. The molecule has 0 unspecified atom stereocenters. The number of Topliss-reactive ketones (excluding diaryl/α,β-unsaturated/α-hetero) is 1. The van der Waals surface area contributed by atoms with Crippen LogP contribution >= 0.6 is 0 Å². The highest BCUT2D eigenvalue weighted by atomic mass is 16.2. The topological polar surface area (TPSA) is 166 Å². The number of likely N-dealkylation sites (tertiary alicyclic amines) is 1. The molecule has 53 heavy (non-hydrogen) atoms. The molecule has 12 heteroatoms. The maximum absolute atomic E-state index is 15.0. The molecule has 2 saturated heterocycles. The fourth-order valence-electron chi connectivity index (χ4n) is 10.8. The summed E-state index contributed by atoms with van der Waals surface area (Å²) in [5.74, 6) is -2.64. The van der Waals surface area contributed by atoms with Crippen LogP contribution in [0.25, 0.3) is 0 Å². The van der Waals surface area contributed by atoms with Crippen molar-refractivity contribution in [3.8, 4) is 0 Å². The van der Waals surface area contributed by atoms with E-state index in [0.717, 1.165) is 90.0 Å². The number of piperidine rings is 1. The molecular weight excluding hydrogens is 672 g/mol. The quantitative estimate of drug-likeness (QED) is 0.180. The Bertz CT molecular complexity index is 1440. The van der Waals surface area contributed by atoms with Crippen molar-refractivity contribution >= 4 is 35.3 Å². The first-order valence-corrected chi connectivity index (χ1v) is 20.9. The number of nitrogens with one attached hydrogen (secondary N) is 5. The number of nitrogens with zero attached hydrogens (tertiary/aromatic N) is 1. The minimum atomic E-state index is -0.985. The van der Waals surface area contributed by atoms with Crippen molar-refractivity contribution in [2.75, 3.05) is 13.1 Å². The van der Waals surface area contributed by atoms with Gasteiger partial charge in [0, 0.05) is 18.0 Å². The molecule has 6 aliphatic rings. The molecule has 2 aliphatic heterocycles. The van der Waals surface area contributed by atoms with Crippen molar-refractivity contribution in [3.63, 3.8) is 0 Å². The van der Waals surface area contributed by atoms with Crippen LogP contribution in [0.2, 0.25) is 0 Å². The Morgan fingerprint density at radius 2 is 1.49 bits per heavy atom. The molecule has 2 spiro atoms. The monoisotopic (exact) mass is 739 g/mol. The van der Waals surface area contributed by atoms with E-state index in [1.807, 2.05) is 27.7 Å². The van der Waals surface area contributed by atoms with Crippen molar-refractivity contribution in [2.45, 2.75) is 181 Å². The molecule has 4 aliphatic carbocycles. The molecule has 0 aromatic heterocycles. The van der Waals surface area contributed by atoms with E-state index < -0.39 is 47.2 Å². The SMILES string of the molecule is CCC[C@H](NC(=O)[C@@H]1C[C@@]2(CN1C(=O)[C@@H](NC(=O)[C@@H](NC(=O)[C@@H]1CCCCN1)C1CCCCC1)C(C)(C)C)C(C)(C)C21CCC1)C(=O)C(=O)NC1CC1. The van der Waals surface area contributed by atoms with Crippen LogP contribution in [-0.2, 0) is 28.8 Å². The van der Waals surface area contributed by atoms with E-state index in [4.69, 9.17) is 0 Å². The van der Waals surface area contributed by atoms with Gasteiger partial charge in [-0.3, -0.25) is 28.8 Å². The van der Waals surface area contributed by atoms with Crippen molar-refractivity contribution in [3.05, 3.63) is 0 Å². The molecule has 0 bridgehead atoms. The van der Waals surface area contributed by atoms with E-state index in [2.05, 4.69) is 40.4 Å². The normalized spacial score (nSPS) is 29.4. The standard InChI is InChI=1S/C41H66N6O6/c1-7-14-27(31(48)36(52)43-26-18-19-26)44-34(50)29-23-41(39(5,6)40(41)20-13-21-40)24-47(29)37(53)32(38(2,3)4)46-35(51)30(25-15-9-8-10-16-25)45-33(49)28-17-11-12-22-42-28/h25-30,32,42H,7-24H2,1-6H3,(H,43,52)(H,44,50)(H,45,49)(H,46,51)/t27-,28-,29-,30-,32+,41+/m0/s1. The van der Waals surface area contributed by atoms with E-state index in [1.165, 1.54) is 0 Å². The molecule has 12 nitrogen and oxygen atoms in total. The molecule has 2 heterocycles. The number of hydrogen-bond acceptors (Lipinski definition) is 7. The third-order valence-electron chi connectivity index (χ3n) is 14.5. The van der Waals surface area contributed by atoms with Crippen molar-refractivity contribution < 1.29 is 28.8 Å². The summed E-state index contributed by atoms with van der Waals surface area (Å²) in [7, 11) is 0. The van der Waals surface area contributed by atoms with Crippen LogP contribution in [0.5, 0.6) is 0 Å². The van der Waals surface area contributed by atoms with E-state index in [1.54, 1.807) is 4.90 Å². The van der Waals surface area contributed by atoms with Gasteiger partial charge in [0.05, 0.1) is 12.1 Å². The number of amides is 5. The van der Waals surface area contributed by atoms with Gasteiger partial charge in [-0.2, -0.15) is 0 Å². The number of rotatable bonds is 13. The Labute approximate surface area is 316 Å². The zero-order valence-corrected chi connectivity index (χ0v) is 33.2. The van der Waals surface area contributed by atoms with E-state index in [9.17, 15) is 24.0 Å². The zero-order valence-electron chi connectivity index (χ0n) is 33.2. The van der Waals surface area contributed by atoms with Crippen molar-refractivity contribution in [1.82, 2.24) is 31.5 Å². The Morgan fingerprint density at radius 3 is 2.04 bits per heavy atom. The summed E-state index contributed by atoms with van der Waals surface area (Å²) in [6, 6.07) is -3.90. The maximum atomic E-state index is 15.0. The van der Waals surface area contributed by atoms with Gasteiger partial charge in [-0.15, -0.1) is 0 Å². The van der Waals surface area contributed by atoms with Gasteiger partial charge in [-0.1, -0.05) is 80.1 Å². The van der Waals surface area contributed by atoms with Gasteiger partial charge in [0.1, 0.15) is 18.1 Å². The lowest BCUT2D eigenvalue weighted by atomic mass is 9.73. The van der Waals surface area contributed by atoms with Crippen LogP contribution in [0, 0.1) is 27.6 Å². The van der Waals surface area contributed by atoms with Crippen LogP contribution < -0.4 is 26.6 Å². The molecule has 4 saturated carbocycles. The molecule has 6 fully saturated rings. The summed E-state index contributed by atoms with van der Waals surface area (Å²) in [6.45, 7) is 13.3. The third-order valence-corrected chi connectivity index (χ3v) is 14.5. The number of carbonyl (C=O) groups is 6. The Balaban J connectivity index is 1.25. The van der Waals surface area contributed by atoms with Crippen LogP contribution in [0.3, 0.4) is 0 Å². The second-order valence-electron chi connectivity index (χ2n) is 19.0. The highest BCUT2D eigenvalue weighted by molar-refractivity contribution is 6.38. The molecule has 0 aromatic rings. The minimum absolute atomic E-state index is 0.0162. The van der Waals surface area contributed by atoms with Gasteiger partial charge in [-0.05, 0) is 92.9 Å². The molecule has 0 radical (unpaired) electrons. The van der Waals surface area contributed by atoms with Crippen molar-refractivity contribution in [1.29, 1.82) is 0 Å². The van der Waals surface area contributed by atoms with Gasteiger partial charge < -0.3 is 31.5 Å². The van der Waals surface area contributed by atoms with Gasteiger partial charge in [0.15, 0.2) is 0 Å². The summed E-state index contributed by atoms with van der Waals surface area (Å²) >= 11 is 0. The predicted molar refractivity (Wildman–Crippen MR) is 201 cm³/mol.